The van der Waals surface area contributed by atoms with Gasteiger partial charge in [0.2, 0.25) is 0 Å². The Hall–Kier alpha value is -0.810. The average Bonchev–Trinajstić information content (AvgIpc) is 3.26. The summed E-state index contributed by atoms with van der Waals surface area (Å²) in [6.45, 7) is 3.57. The number of nitrogens with one attached hydrogen (secondary N) is 2. The maximum absolute atomic E-state index is 11.6. The van der Waals surface area contributed by atoms with Crippen LogP contribution in [-0.4, -0.2) is 54.9 Å². The minimum Gasteiger partial charge on any atom is -0.396 e. The number of amides is 2. The van der Waals surface area contributed by atoms with Gasteiger partial charge in [-0.1, -0.05) is 0 Å². The molecule has 0 spiro atoms. The highest BCUT2D eigenvalue weighted by molar-refractivity contribution is 5.73. The molecule has 1 unspecified atom stereocenters. The molecule has 2 saturated carbocycles. The highest BCUT2D eigenvalue weighted by Crippen LogP contribution is 2.44. The SMILES string of the molecule is CC(CNC(=O)NCC1(CO)CC1)N(C)C1CC1. The summed E-state index contributed by atoms with van der Waals surface area (Å²) in [7, 11) is 2.12. The van der Waals surface area contributed by atoms with Gasteiger partial charge in [0.25, 0.3) is 0 Å². The fourth-order valence-electron chi connectivity index (χ4n) is 2.12. The summed E-state index contributed by atoms with van der Waals surface area (Å²) in [5.41, 5.74) is -0.0201. The lowest BCUT2D eigenvalue weighted by molar-refractivity contribution is 0.200. The number of hydrogen-bond donors (Lipinski definition) is 3. The summed E-state index contributed by atoms with van der Waals surface area (Å²) in [6, 6.07) is 0.968. The maximum atomic E-state index is 11.6. The van der Waals surface area contributed by atoms with Crippen molar-refractivity contribution in [3.8, 4) is 0 Å². The number of carbonyl (C=O) groups is 1. The van der Waals surface area contributed by atoms with E-state index in [9.17, 15) is 4.79 Å². The van der Waals surface area contributed by atoms with E-state index in [1.807, 2.05) is 0 Å². The molecule has 5 heteroatoms. The smallest absolute Gasteiger partial charge is 0.314 e. The van der Waals surface area contributed by atoms with E-state index >= 15 is 0 Å². The first-order valence-corrected chi connectivity index (χ1v) is 6.91. The van der Waals surface area contributed by atoms with Crippen LogP contribution in [0, 0.1) is 5.41 Å². The van der Waals surface area contributed by atoms with Crippen molar-refractivity contribution in [1.82, 2.24) is 15.5 Å². The molecule has 0 aliphatic heterocycles. The van der Waals surface area contributed by atoms with Crippen molar-refractivity contribution in [2.75, 3.05) is 26.7 Å². The summed E-state index contributed by atoms with van der Waals surface area (Å²) in [4.78, 5) is 14.0. The molecule has 0 heterocycles. The van der Waals surface area contributed by atoms with Gasteiger partial charge in [-0.05, 0) is 39.7 Å². The summed E-state index contributed by atoms with van der Waals surface area (Å²) in [5.74, 6) is 0. The Kier molecular flexibility index (Phi) is 4.12. The van der Waals surface area contributed by atoms with E-state index in [1.165, 1.54) is 12.8 Å². The molecule has 2 aliphatic carbocycles. The van der Waals surface area contributed by atoms with Crippen LogP contribution >= 0.6 is 0 Å². The topological polar surface area (TPSA) is 64.6 Å². The van der Waals surface area contributed by atoms with Crippen LogP contribution in [0.2, 0.25) is 0 Å². The molecule has 0 bridgehead atoms. The van der Waals surface area contributed by atoms with Gasteiger partial charge in [0.15, 0.2) is 0 Å². The molecular formula is C13H25N3O2. The van der Waals surface area contributed by atoms with Crippen molar-refractivity contribution in [1.29, 1.82) is 0 Å². The number of carbonyl (C=O) groups excluding carboxylic acids is 1. The first-order chi connectivity index (χ1) is 8.56. The minimum absolute atomic E-state index is 0.0201. The molecule has 5 nitrogen and oxygen atoms in total. The van der Waals surface area contributed by atoms with Gasteiger partial charge in [-0.2, -0.15) is 0 Å². The number of hydrogen-bond acceptors (Lipinski definition) is 3. The van der Waals surface area contributed by atoms with Crippen molar-refractivity contribution in [3.05, 3.63) is 0 Å². The highest BCUT2D eigenvalue weighted by Gasteiger charge is 2.42. The molecule has 2 aliphatic rings. The standard InChI is InChI=1S/C13H25N3O2/c1-10(16(2)11-3-4-11)7-14-12(18)15-8-13(9-17)5-6-13/h10-11,17H,3-9H2,1-2H3,(H2,14,15,18). The molecule has 2 amide bonds. The van der Waals surface area contributed by atoms with E-state index in [2.05, 4.69) is 29.5 Å². The van der Waals surface area contributed by atoms with E-state index in [4.69, 9.17) is 5.11 Å². The van der Waals surface area contributed by atoms with E-state index in [0.717, 1.165) is 12.8 Å². The predicted octanol–water partition coefficient (Wildman–Crippen LogP) is 0.541. The van der Waals surface area contributed by atoms with Gasteiger partial charge >= 0.3 is 6.03 Å². The first kappa shape index (κ1) is 13.6. The molecule has 2 fully saturated rings. The van der Waals surface area contributed by atoms with Crippen molar-refractivity contribution in [3.63, 3.8) is 0 Å². The number of nitrogens with zero attached hydrogens (tertiary/aromatic N) is 1. The zero-order valence-electron chi connectivity index (χ0n) is 11.4. The lowest BCUT2D eigenvalue weighted by Crippen LogP contribution is -2.46. The van der Waals surface area contributed by atoms with Gasteiger partial charge in [0.1, 0.15) is 0 Å². The number of urea groups is 1. The van der Waals surface area contributed by atoms with Crippen molar-refractivity contribution >= 4 is 6.03 Å². The minimum atomic E-state index is -0.120. The fourth-order valence-corrected chi connectivity index (χ4v) is 2.12. The Labute approximate surface area is 109 Å². The molecular weight excluding hydrogens is 230 g/mol. The zero-order chi connectivity index (χ0) is 13.2. The monoisotopic (exact) mass is 255 g/mol. The highest BCUT2D eigenvalue weighted by atomic mass is 16.3. The molecule has 0 aromatic carbocycles. The Bertz CT molecular complexity index is 301. The van der Waals surface area contributed by atoms with Gasteiger partial charge in [-0.15, -0.1) is 0 Å². The third-order valence-corrected chi connectivity index (χ3v) is 4.29. The second-order valence-corrected chi connectivity index (χ2v) is 5.97. The van der Waals surface area contributed by atoms with E-state index in [1.54, 1.807) is 0 Å². The molecule has 3 N–H and O–H groups in total. The lowest BCUT2D eigenvalue weighted by Gasteiger charge is -2.24. The van der Waals surface area contributed by atoms with Crippen LogP contribution in [-0.2, 0) is 0 Å². The second-order valence-electron chi connectivity index (χ2n) is 5.97. The van der Waals surface area contributed by atoms with Crippen LogP contribution in [0.25, 0.3) is 0 Å². The number of aliphatic hydroxyl groups excluding tert-OH is 1. The molecule has 1 atom stereocenters. The van der Waals surface area contributed by atoms with Crippen molar-refractivity contribution < 1.29 is 9.90 Å². The van der Waals surface area contributed by atoms with Crippen LogP contribution in [0.5, 0.6) is 0 Å². The summed E-state index contributed by atoms with van der Waals surface area (Å²) < 4.78 is 0. The Balaban J connectivity index is 1.59. The second kappa shape index (κ2) is 5.45. The van der Waals surface area contributed by atoms with Crippen LogP contribution in [0.15, 0.2) is 0 Å². The fraction of sp³-hybridized carbons (Fsp3) is 0.923. The van der Waals surface area contributed by atoms with Gasteiger partial charge in [0, 0.05) is 30.6 Å². The summed E-state index contributed by atoms with van der Waals surface area (Å²) in [6.07, 6.45) is 4.60. The van der Waals surface area contributed by atoms with Gasteiger partial charge in [0.05, 0.1) is 6.61 Å². The molecule has 0 aromatic rings. The van der Waals surface area contributed by atoms with Crippen LogP contribution < -0.4 is 10.6 Å². The molecule has 2 rings (SSSR count). The Morgan fingerprint density at radius 3 is 2.61 bits per heavy atom. The quantitative estimate of drug-likeness (QED) is 0.622. The molecule has 0 radical (unpaired) electrons. The van der Waals surface area contributed by atoms with E-state index < -0.39 is 0 Å². The average molecular weight is 255 g/mol. The van der Waals surface area contributed by atoms with Gasteiger partial charge < -0.3 is 15.7 Å². The van der Waals surface area contributed by atoms with Gasteiger partial charge in [-0.3, -0.25) is 4.90 Å². The van der Waals surface area contributed by atoms with Crippen molar-refractivity contribution in [2.24, 2.45) is 5.41 Å². The normalized spacial score (nSPS) is 22.7. The van der Waals surface area contributed by atoms with Gasteiger partial charge in [-0.25, -0.2) is 4.79 Å². The number of likely N-dealkylation sites (N-methyl/N-ethyl adjacent to an activating group) is 1. The first-order valence-electron chi connectivity index (χ1n) is 6.91. The van der Waals surface area contributed by atoms with Crippen molar-refractivity contribution in [2.45, 2.75) is 44.7 Å². The lowest BCUT2D eigenvalue weighted by atomic mass is 10.1. The maximum Gasteiger partial charge on any atom is 0.314 e. The molecule has 104 valence electrons. The third kappa shape index (κ3) is 3.59. The third-order valence-electron chi connectivity index (χ3n) is 4.29. The van der Waals surface area contributed by atoms with Crippen LogP contribution in [0.1, 0.15) is 32.6 Å². The molecule has 0 aromatic heterocycles. The predicted molar refractivity (Wildman–Crippen MR) is 70.4 cm³/mol. The Morgan fingerprint density at radius 1 is 1.44 bits per heavy atom. The van der Waals surface area contributed by atoms with E-state index in [-0.39, 0.29) is 18.1 Å². The number of aliphatic hydroxyl groups is 1. The Morgan fingerprint density at radius 2 is 2.11 bits per heavy atom. The largest absolute Gasteiger partial charge is 0.396 e. The zero-order valence-corrected chi connectivity index (χ0v) is 11.4. The van der Waals surface area contributed by atoms with Crippen LogP contribution in [0.4, 0.5) is 4.79 Å². The summed E-state index contributed by atoms with van der Waals surface area (Å²) in [5, 5.41) is 14.9. The van der Waals surface area contributed by atoms with E-state index in [0.29, 0.717) is 25.2 Å². The summed E-state index contributed by atoms with van der Waals surface area (Å²) >= 11 is 0. The molecule has 18 heavy (non-hydrogen) atoms. The number of rotatable bonds is 7. The van der Waals surface area contributed by atoms with Crippen LogP contribution in [0.3, 0.4) is 0 Å². The molecule has 0 saturated heterocycles.